The van der Waals surface area contributed by atoms with Gasteiger partial charge in [-0.1, -0.05) is 0 Å². The summed E-state index contributed by atoms with van der Waals surface area (Å²) in [6, 6.07) is 0. The Morgan fingerprint density at radius 3 is 2.65 bits per heavy atom. The molecule has 0 radical (unpaired) electrons. The van der Waals surface area contributed by atoms with Crippen LogP contribution in [-0.4, -0.2) is 69.5 Å². The molecule has 1 aliphatic rings. The molecule has 0 bridgehead atoms. The summed E-state index contributed by atoms with van der Waals surface area (Å²) in [5, 5.41) is 5.93. The first kappa shape index (κ1) is 17.2. The predicted molar refractivity (Wildman–Crippen MR) is 68.4 cm³/mol. The number of alkyl halides is 3. The second kappa shape index (κ2) is 9.15. The lowest BCUT2D eigenvalue weighted by molar-refractivity contribution is -0.174. The quantitative estimate of drug-likeness (QED) is 0.636. The number of hydrogen-bond donors (Lipinski definition) is 2. The lowest BCUT2D eigenvalue weighted by atomic mass is 10.3. The monoisotopic (exact) mass is 297 g/mol. The Morgan fingerprint density at radius 2 is 2.00 bits per heavy atom. The molecule has 1 fully saturated rings. The Hall–Kier alpha value is -0.860. The van der Waals surface area contributed by atoms with Crippen molar-refractivity contribution in [1.29, 1.82) is 0 Å². The Morgan fingerprint density at radius 1 is 1.30 bits per heavy atom. The number of nitrogens with zero attached hydrogens (tertiary/aromatic N) is 1. The van der Waals surface area contributed by atoms with Crippen LogP contribution in [0.2, 0.25) is 0 Å². The van der Waals surface area contributed by atoms with Crippen LogP contribution in [0.1, 0.15) is 12.8 Å². The van der Waals surface area contributed by atoms with Crippen LogP contribution in [0.25, 0.3) is 0 Å². The first-order valence-electron chi connectivity index (χ1n) is 6.81. The second-order valence-electron chi connectivity index (χ2n) is 4.71. The smallest absolute Gasteiger partial charge is 0.372 e. The molecule has 1 saturated heterocycles. The largest absolute Gasteiger partial charge is 0.411 e. The van der Waals surface area contributed by atoms with E-state index in [9.17, 15) is 18.0 Å². The highest BCUT2D eigenvalue weighted by Crippen LogP contribution is 2.14. The van der Waals surface area contributed by atoms with E-state index in [4.69, 9.17) is 0 Å². The van der Waals surface area contributed by atoms with E-state index >= 15 is 0 Å². The molecule has 1 heterocycles. The van der Waals surface area contributed by atoms with Crippen LogP contribution < -0.4 is 10.6 Å². The van der Waals surface area contributed by atoms with Gasteiger partial charge in [0.2, 0.25) is 5.91 Å². The molecule has 0 aromatic carbocycles. The summed E-state index contributed by atoms with van der Waals surface area (Å²) in [7, 11) is 0. The van der Waals surface area contributed by atoms with Gasteiger partial charge in [-0.2, -0.15) is 13.2 Å². The van der Waals surface area contributed by atoms with Crippen LogP contribution in [0.3, 0.4) is 0 Å². The van der Waals surface area contributed by atoms with E-state index < -0.39 is 12.8 Å². The number of halogens is 3. The molecule has 0 unspecified atom stereocenters. The fourth-order valence-corrected chi connectivity index (χ4v) is 1.91. The van der Waals surface area contributed by atoms with Crippen LogP contribution >= 0.6 is 0 Å². The number of rotatable bonds is 8. The molecule has 118 valence electrons. The molecule has 0 spiro atoms. The minimum Gasteiger partial charge on any atom is -0.372 e. The molecule has 1 aliphatic heterocycles. The van der Waals surface area contributed by atoms with Crippen LogP contribution in [0.5, 0.6) is 0 Å². The topological polar surface area (TPSA) is 53.6 Å². The number of ether oxygens (including phenoxy) is 1. The molecular weight excluding hydrogens is 275 g/mol. The SMILES string of the molecule is O=C(CCOCC(F)(F)F)NCCCN1CCNCC1. The van der Waals surface area contributed by atoms with Crippen molar-refractivity contribution in [3.63, 3.8) is 0 Å². The Kier molecular flexibility index (Phi) is 7.86. The van der Waals surface area contributed by atoms with Crippen LogP contribution in [-0.2, 0) is 9.53 Å². The lowest BCUT2D eigenvalue weighted by Crippen LogP contribution is -2.44. The first-order valence-corrected chi connectivity index (χ1v) is 6.81. The van der Waals surface area contributed by atoms with E-state index in [1.807, 2.05) is 0 Å². The molecule has 0 aromatic rings. The molecule has 1 rings (SSSR count). The minimum atomic E-state index is -4.33. The number of nitrogens with one attached hydrogen (secondary N) is 2. The van der Waals surface area contributed by atoms with Gasteiger partial charge >= 0.3 is 6.18 Å². The van der Waals surface area contributed by atoms with Gasteiger partial charge in [0.25, 0.3) is 0 Å². The first-order chi connectivity index (χ1) is 9.47. The Labute approximate surface area is 116 Å². The third kappa shape index (κ3) is 9.11. The third-order valence-corrected chi connectivity index (χ3v) is 2.92. The highest BCUT2D eigenvalue weighted by molar-refractivity contribution is 5.75. The molecule has 2 N–H and O–H groups in total. The van der Waals surface area contributed by atoms with Gasteiger partial charge in [0.05, 0.1) is 6.61 Å². The van der Waals surface area contributed by atoms with Crippen LogP contribution in [0.4, 0.5) is 13.2 Å². The summed E-state index contributed by atoms with van der Waals surface area (Å²) in [4.78, 5) is 13.6. The number of amides is 1. The Balaban J connectivity index is 1.92. The Bertz CT molecular complexity index is 282. The van der Waals surface area contributed by atoms with E-state index in [0.717, 1.165) is 39.1 Å². The van der Waals surface area contributed by atoms with E-state index in [1.54, 1.807) is 0 Å². The molecule has 0 saturated carbocycles. The van der Waals surface area contributed by atoms with Gasteiger partial charge in [0.15, 0.2) is 0 Å². The van der Waals surface area contributed by atoms with Crippen molar-refractivity contribution in [2.24, 2.45) is 0 Å². The summed E-state index contributed by atoms with van der Waals surface area (Å²) >= 11 is 0. The summed E-state index contributed by atoms with van der Waals surface area (Å²) in [6.45, 7) is 3.96. The van der Waals surface area contributed by atoms with Gasteiger partial charge in [-0.3, -0.25) is 4.79 Å². The fraction of sp³-hybridized carbons (Fsp3) is 0.917. The predicted octanol–water partition coefficient (Wildman–Crippen LogP) is 0.367. The molecule has 1 amide bonds. The number of hydrogen-bond acceptors (Lipinski definition) is 4. The lowest BCUT2D eigenvalue weighted by Gasteiger charge is -2.27. The fourth-order valence-electron chi connectivity index (χ4n) is 1.91. The van der Waals surface area contributed by atoms with Crippen LogP contribution in [0.15, 0.2) is 0 Å². The van der Waals surface area contributed by atoms with Gasteiger partial charge in [-0.15, -0.1) is 0 Å². The van der Waals surface area contributed by atoms with Crippen molar-refractivity contribution in [2.75, 3.05) is 52.5 Å². The average molecular weight is 297 g/mol. The van der Waals surface area contributed by atoms with Gasteiger partial charge in [0.1, 0.15) is 6.61 Å². The van der Waals surface area contributed by atoms with Crippen molar-refractivity contribution in [3.05, 3.63) is 0 Å². The maximum Gasteiger partial charge on any atom is 0.411 e. The average Bonchev–Trinajstić information content (AvgIpc) is 2.40. The van der Waals surface area contributed by atoms with Crippen molar-refractivity contribution < 1.29 is 22.7 Å². The zero-order chi connectivity index (χ0) is 14.8. The number of carbonyl (C=O) groups excluding carboxylic acids is 1. The molecule has 0 aliphatic carbocycles. The van der Waals surface area contributed by atoms with Crippen molar-refractivity contribution >= 4 is 5.91 Å². The van der Waals surface area contributed by atoms with Crippen molar-refractivity contribution in [1.82, 2.24) is 15.5 Å². The zero-order valence-corrected chi connectivity index (χ0v) is 11.5. The minimum absolute atomic E-state index is 0.0380. The summed E-state index contributed by atoms with van der Waals surface area (Å²) in [6.07, 6.45) is -3.53. The molecule has 20 heavy (non-hydrogen) atoms. The molecular formula is C12H22F3N3O2. The van der Waals surface area contributed by atoms with Crippen molar-refractivity contribution in [3.8, 4) is 0 Å². The van der Waals surface area contributed by atoms with Gasteiger partial charge in [0, 0.05) is 39.1 Å². The van der Waals surface area contributed by atoms with Gasteiger partial charge < -0.3 is 20.3 Å². The standard InChI is InChI=1S/C12H22F3N3O2/c13-12(14,15)10-20-9-2-11(19)17-3-1-6-18-7-4-16-5-8-18/h16H,1-10H2,(H,17,19). The van der Waals surface area contributed by atoms with E-state index in [0.29, 0.717) is 6.54 Å². The maximum atomic E-state index is 11.8. The molecule has 5 nitrogen and oxygen atoms in total. The van der Waals surface area contributed by atoms with Crippen molar-refractivity contribution in [2.45, 2.75) is 19.0 Å². The molecule has 0 aromatic heterocycles. The highest BCUT2D eigenvalue weighted by Gasteiger charge is 2.27. The normalized spacial score (nSPS) is 17.1. The molecule has 8 heteroatoms. The second-order valence-corrected chi connectivity index (χ2v) is 4.71. The highest BCUT2D eigenvalue weighted by atomic mass is 19.4. The summed E-state index contributed by atoms with van der Waals surface area (Å²) in [5.74, 6) is -0.271. The zero-order valence-electron chi connectivity index (χ0n) is 11.5. The van der Waals surface area contributed by atoms with Crippen LogP contribution in [0, 0.1) is 0 Å². The van der Waals surface area contributed by atoms with E-state index in [2.05, 4.69) is 20.3 Å². The molecule has 0 atom stereocenters. The number of piperazine rings is 1. The number of carbonyl (C=O) groups is 1. The summed E-state index contributed by atoms with van der Waals surface area (Å²) < 4.78 is 39.7. The maximum absolute atomic E-state index is 11.8. The third-order valence-electron chi connectivity index (χ3n) is 2.92. The van der Waals surface area contributed by atoms with E-state index in [1.165, 1.54) is 0 Å². The van der Waals surface area contributed by atoms with E-state index in [-0.39, 0.29) is 18.9 Å². The summed E-state index contributed by atoms with van der Waals surface area (Å²) in [5.41, 5.74) is 0. The van der Waals surface area contributed by atoms with Gasteiger partial charge in [-0.05, 0) is 13.0 Å². The van der Waals surface area contributed by atoms with Gasteiger partial charge in [-0.25, -0.2) is 0 Å².